The minimum atomic E-state index is -0.843. The highest BCUT2D eigenvalue weighted by Crippen LogP contribution is 2.26. The van der Waals surface area contributed by atoms with Crippen LogP contribution < -0.4 is 5.32 Å². The van der Waals surface area contributed by atoms with Gasteiger partial charge in [-0.15, -0.1) is 0 Å². The molecule has 0 aromatic heterocycles. The second-order valence-corrected chi connectivity index (χ2v) is 3.22. The molecule has 0 spiro atoms. The first-order valence-corrected chi connectivity index (χ1v) is 4.34. The first-order chi connectivity index (χ1) is 7.43. The highest BCUT2D eigenvalue weighted by molar-refractivity contribution is 5.91. The van der Waals surface area contributed by atoms with Crippen LogP contribution in [-0.2, 0) is 0 Å². The third-order valence-electron chi connectivity index (χ3n) is 1.83. The zero-order chi connectivity index (χ0) is 12.3. The molecule has 0 bridgehead atoms. The Bertz CT molecular complexity index is 434. The van der Waals surface area contributed by atoms with Crippen molar-refractivity contribution in [2.45, 2.75) is 0 Å². The van der Waals surface area contributed by atoms with Gasteiger partial charge in [0.05, 0.1) is 4.92 Å². The number of amides is 2. The summed E-state index contributed by atoms with van der Waals surface area (Å²) in [7, 11) is 2.89. The maximum absolute atomic E-state index is 13.3. The Morgan fingerprint density at radius 2 is 2.12 bits per heavy atom. The largest absolute Gasteiger partial charge is 0.331 e. The van der Waals surface area contributed by atoms with Gasteiger partial charge in [-0.1, -0.05) is 6.07 Å². The lowest BCUT2D eigenvalue weighted by molar-refractivity contribution is -0.384. The molecule has 2 amide bonds. The monoisotopic (exact) mass is 227 g/mol. The summed E-state index contributed by atoms with van der Waals surface area (Å²) in [5, 5.41) is 12.7. The van der Waals surface area contributed by atoms with E-state index < -0.39 is 28.1 Å². The molecule has 6 nitrogen and oxygen atoms in total. The van der Waals surface area contributed by atoms with Gasteiger partial charge < -0.3 is 4.90 Å². The standard InChI is InChI=1S/C9H10FN3O3/c1-12(2)9(14)11-8-6(10)4-3-5-7(8)13(15)16/h3-5H,1-2H3,(H,11,14). The quantitative estimate of drug-likeness (QED) is 0.618. The van der Waals surface area contributed by atoms with Crippen molar-refractivity contribution in [3.05, 3.63) is 34.1 Å². The summed E-state index contributed by atoms with van der Waals surface area (Å²) >= 11 is 0. The van der Waals surface area contributed by atoms with Crippen molar-refractivity contribution >= 4 is 17.4 Å². The van der Waals surface area contributed by atoms with Crippen LogP contribution in [0, 0.1) is 15.9 Å². The van der Waals surface area contributed by atoms with E-state index >= 15 is 0 Å². The predicted octanol–water partition coefficient (Wildman–Crippen LogP) is 1.83. The molecule has 0 atom stereocenters. The van der Waals surface area contributed by atoms with Crippen LogP contribution in [-0.4, -0.2) is 29.9 Å². The maximum Gasteiger partial charge on any atom is 0.321 e. The zero-order valence-electron chi connectivity index (χ0n) is 8.73. The summed E-state index contributed by atoms with van der Waals surface area (Å²) in [6.07, 6.45) is 0. The number of hydrogen-bond acceptors (Lipinski definition) is 3. The SMILES string of the molecule is CN(C)C(=O)Nc1c(F)cccc1[N+](=O)[O-]. The van der Waals surface area contributed by atoms with Gasteiger partial charge in [-0.3, -0.25) is 15.4 Å². The Morgan fingerprint density at radius 1 is 1.50 bits per heavy atom. The summed E-state index contributed by atoms with van der Waals surface area (Å²) < 4.78 is 13.3. The highest BCUT2D eigenvalue weighted by atomic mass is 19.1. The van der Waals surface area contributed by atoms with Crippen LogP contribution in [0.25, 0.3) is 0 Å². The van der Waals surface area contributed by atoms with Gasteiger partial charge in [0.2, 0.25) is 0 Å². The Balaban J connectivity index is 3.11. The lowest BCUT2D eigenvalue weighted by Crippen LogP contribution is -2.28. The maximum atomic E-state index is 13.3. The van der Waals surface area contributed by atoms with Crippen LogP contribution in [0.3, 0.4) is 0 Å². The van der Waals surface area contributed by atoms with E-state index in [-0.39, 0.29) is 0 Å². The fraction of sp³-hybridized carbons (Fsp3) is 0.222. The molecule has 86 valence electrons. The number of nitro groups is 1. The minimum absolute atomic E-state index is 0.425. The number of carbonyl (C=O) groups is 1. The number of nitro benzene ring substituents is 1. The molecule has 0 saturated heterocycles. The van der Waals surface area contributed by atoms with E-state index in [0.29, 0.717) is 0 Å². The third kappa shape index (κ3) is 2.44. The van der Waals surface area contributed by atoms with Gasteiger partial charge in [-0.05, 0) is 6.07 Å². The van der Waals surface area contributed by atoms with E-state index in [1.54, 1.807) is 0 Å². The number of carbonyl (C=O) groups excluding carboxylic acids is 1. The van der Waals surface area contributed by atoms with Crippen molar-refractivity contribution < 1.29 is 14.1 Å². The number of benzene rings is 1. The predicted molar refractivity (Wildman–Crippen MR) is 55.8 cm³/mol. The van der Waals surface area contributed by atoms with Gasteiger partial charge in [0.15, 0.2) is 11.5 Å². The molecule has 1 rings (SSSR count). The highest BCUT2D eigenvalue weighted by Gasteiger charge is 2.20. The van der Waals surface area contributed by atoms with Crippen molar-refractivity contribution in [1.29, 1.82) is 0 Å². The number of rotatable bonds is 2. The molecule has 0 unspecified atom stereocenters. The lowest BCUT2D eigenvalue weighted by Gasteiger charge is -2.12. The summed E-state index contributed by atoms with van der Waals surface area (Å²) in [6.45, 7) is 0. The first kappa shape index (κ1) is 11.9. The number of nitrogens with zero attached hydrogens (tertiary/aromatic N) is 2. The minimum Gasteiger partial charge on any atom is -0.331 e. The Morgan fingerprint density at radius 3 is 2.62 bits per heavy atom. The Kier molecular flexibility index (Phi) is 3.39. The average Bonchev–Trinajstić information content (AvgIpc) is 2.20. The molecular formula is C9H10FN3O3. The molecule has 0 aliphatic carbocycles. The van der Waals surface area contributed by atoms with E-state index in [2.05, 4.69) is 5.32 Å². The summed E-state index contributed by atoms with van der Waals surface area (Å²) in [5.41, 5.74) is -0.901. The van der Waals surface area contributed by atoms with Crippen molar-refractivity contribution in [3.8, 4) is 0 Å². The first-order valence-electron chi connectivity index (χ1n) is 4.34. The van der Waals surface area contributed by atoms with E-state index in [1.165, 1.54) is 20.2 Å². The van der Waals surface area contributed by atoms with Gasteiger partial charge in [0.25, 0.3) is 5.69 Å². The van der Waals surface area contributed by atoms with Crippen molar-refractivity contribution in [1.82, 2.24) is 4.90 Å². The van der Waals surface area contributed by atoms with Crippen LogP contribution in [0.2, 0.25) is 0 Å². The molecule has 0 aliphatic rings. The number of hydrogen-bond donors (Lipinski definition) is 1. The number of anilines is 1. The van der Waals surface area contributed by atoms with E-state index in [0.717, 1.165) is 17.0 Å². The molecule has 0 radical (unpaired) electrons. The molecule has 0 fully saturated rings. The van der Waals surface area contributed by atoms with Gasteiger partial charge >= 0.3 is 6.03 Å². The van der Waals surface area contributed by atoms with Gasteiger partial charge in [-0.2, -0.15) is 0 Å². The molecule has 0 aliphatic heterocycles. The molecule has 0 saturated carbocycles. The number of para-hydroxylation sites is 1. The normalized spacial score (nSPS) is 9.69. The van der Waals surface area contributed by atoms with Crippen LogP contribution in [0.1, 0.15) is 0 Å². The molecule has 1 aromatic carbocycles. The second kappa shape index (κ2) is 4.56. The average molecular weight is 227 g/mol. The molecule has 7 heteroatoms. The fourth-order valence-electron chi connectivity index (χ4n) is 1.01. The van der Waals surface area contributed by atoms with Gasteiger partial charge in [0.1, 0.15) is 0 Å². The fourth-order valence-corrected chi connectivity index (χ4v) is 1.01. The lowest BCUT2D eigenvalue weighted by atomic mass is 10.2. The topological polar surface area (TPSA) is 75.5 Å². The van der Waals surface area contributed by atoms with E-state index in [4.69, 9.17) is 0 Å². The van der Waals surface area contributed by atoms with Gasteiger partial charge in [-0.25, -0.2) is 9.18 Å². The number of halogens is 1. The van der Waals surface area contributed by atoms with E-state index in [9.17, 15) is 19.3 Å². The smallest absolute Gasteiger partial charge is 0.321 e. The van der Waals surface area contributed by atoms with Crippen LogP contribution in [0.15, 0.2) is 18.2 Å². The second-order valence-electron chi connectivity index (χ2n) is 3.22. The molecule has 1 N–H and O–H groups in total. The van der Waals surface area contributed by atoms with Crippen molar-refractivity contribution in [2.24, 2.45) is 0 Å². The van der Waals surface area contributed by atoms with Crippen LogP contribution in [0.4, 0.5) is 20.6 Å². The van der Waals surface area contributed by atoms with Gasteiger partial charge in [0, 0.05) is 20.2 Å². The Labute approximate surface area is 90.8 Å². The summed E-state index contributed by atoms with van der Waals surface area (Å²) in [5.74, 6) is -0.843. The Hall–Kier alpha value is -2.18. The molecule has 1 aromatic rings. The summed E-state index contributed by atoms with van der Waals surface area (Å²) in [6, 6.07) is 2.74. The summed E-state index contributed by atoms with van der Waals surface area (Å²) in [4.78, 5) is 22.3. The third-order valence-corrected chi connectivity index (χ3v) is 1.83. The molecular weight excluding hydrogens is 217 g/mol. The number of nitrogens with one attached hydrogen (secondary N) is 1. The molecule has 16 heavy (non-hydrogen) atoms. The van der Waals surface area contributed by atoms with Crippen LogP contribution >= 0.6 is 0 Å². The zero-order valence-corrected chi connectivity index (χ0v) is 8.73. The van der Waals surface area contributed by atoms with Crippen LogP contribution in [0.5, 0.6) is 0 Å². The van der Waals surface area contributed by atoms with Crippen molar-refractivity contribution in [3.63, 3.8) is 0 Å². The van der Waals surface area contributed by atoms with Crippen molar-refractivity contribution in [2.75, 3.05) is 19.4 Å². The molecule has 0 heterocycles. The van der Waals surface area contributed by atoms with E-state index in [1.807, 2.05) is 0 Å². The number of urea groups is 1.